The van der Waals surface area contributed by atoms with E-state index in [1.54, 1.807) is 29.4 Å². The molecule has 0 atom stereocenters. The minimum Gasteiger partial charge on any atom is -0.257 e. The van der Waals surface area contributed by atoms with Crippen LogP contribution in [0, 0.1) is 0 Å². The van der Waals surface area contributed by atoms with E-state index in [-0.39, 0.29) is 11.4 Å². The third kappa shape index (κ3) is 1.76. The van der Waals surface area contributed by atoms with Gasteiger partial charge in [0.15, 0.2) is 0 Å². The van der Waals surface area contributed by atoms with Crippen LogP contribution < -0.4 is 0 Å². The normalized spacial score (nSPS) is 11.7. The number of hydrogen-bond acceptors (Lipinski definition) is 3. The maximum atomic E-state index is 12.1. The quantitative estimate of drug-likeness (QED) is 0.678. The predicted molar refractivity (Wildman–Crippen MR) is 59.3 cm³/mol. The first-order valence-corrected chi connectivity index (χ1v) is 5.06. The number of carbonyl (C=O) groups excluding carboxylic acids is 1. The molecule has 0 aliphatic heterocycles. The fraction of sp³-hybridized carbons (Fsp3) is 0.364. The molecule has 0 saturated carbocycles. The van der Waals surface area contributed by atoms with E-state index in [1.807, 2.05) is 20.8 Å². The van der Waals surface area contributed by atoms with Crippen molar-refractivity contribution >= 4 is 6.03 Å². The van der Waals surface area contributed by atoms with Crippen molar-refractivity contribution in [1.29, 1.82) is 0 Å². The van der Waals surface area contributed by atoms with Gasteiger partial charge in [0.1, 0.15) is 12.2 Å². The van der Waals surface area contributed by atoms with Crippen LogP contribution in [-0.2, 0) is 5.41 Å². The highest BCUT2D eigenvalue weighted by Crippen LogP contribution is 2.20. The Bertz CT molecular complexity index is 490. The van der Waals surface area contributed by atoms with E-state index in [9.17, 15) is 4.79 Å². The molecular weight excluding hydrogens is 204 g/mol. The minimum atomic E-state index is -0.167. The third-order valence-corrected chi connectivity index (χ3v) is 2.24. The molecule has 0 saturated heterocycles. The van der Waals surface area contributed by atoms with E-state index in [4.69, 9.17) is 0 Å². The zero-order valence-electron chi connectivity index (χ0n) is 9.58. The Hall–Kier alpha value is -1.91. The molecule has 0 fully saturated rings. The number of carbonyl (C=O) groups is 1. The van der Waals surface area contributed by atoms with Crippen LogP contribution in [0.15, 0.2) is 31.1 Å². The van der Waals surface area contributed by atoms with Gasteiger partial charge >= 0.3 is 6.03 Å². The van der Waals surface area contributed by atoms with Gasteiger partial charge in [-0.2, -0.15) is 0 Å². The predicted octanol–water partition coefficient (Wildman–Crippen LogP) is 1.89. The fourth-order valence-electron chi connectivity index (χ4n) is 1.51. The van der Waals surface area contributed by atoms with Crippen molar-refractivity contribution in [2.24, 2.45) is 0 Å². The molecule has 2 aromatic rings. The number of imidazole rings is 2. The first-order valence-electron chi connectivity index (χ1n) is 5.06. The van der Waals surface area contributed by atoms with Crippen LogP contribution in [-0.4, -0.2) is 25.1 Å². The van der Waals surface area contributed by atoms with Gasteiger partial charge in [0, 0.05) is 30.2 Å². The molecule has 0 N–H and O–H groups in total. The molecule has 0 radical (unpaired) electrons. The summed E-state index contributed by atoms with van der Waals surface area (Å²) in [6.45, 7) is 6.06. The Morgan fingerprint density at radius 2 is 2.00 bits per heavy atom. The Balaban J connectivity index is 2.43. The van der Waals surface area contributed by atoms with Crippen LogP contribution in [0.5, 0.6) is 0 Å². The van der Waals surface area contributed by atoms with Gasteiger partial charge in [-0.25, -0.2) is 14.8 Å². The second kappa shape index (κ2) is 3.59. The topological polar surface area (TPSA) is 52.7 Å². The Morgan fingerprint density at radius 1 is 1.25 bits per heavy atom. The summed E-state index contributed by atoms with van der Waals surface area (Å²) in [5.41, 5.74) is -0.167. The third-order valence-electron chi connectivity index (χ3n) is 2.24. The summed E-state index contributed by atoms with van der Waals surface area (Å²) in [4.78, 5) is 20.2. The van der Waals surface area contributed by atoms with Gasteiger partial charge in [0.25, 0.3) is 0 Å². The summed E-state index contributed by atoms with van der Waals surface area (Å²) in [7, 11) is 0. The van der Waals surface area contributed by atoms with Gasteiger partial charge < -0.3 is 0 Å². The van der Waals surface area contributed by atoms with E-state index in [0.717, 1.165) is 5.82 Å². The molecular formula is C11H14N4O. The van der Waals surface area contributed by atoms with Gasteiger partial charge in [-0.05, 0) is 0 Å². The summed E-state index contributed by atoms with van der Waals surface area (Å²) in [6.07, 6.45) is 7.98. The first kappa shape index (κ1) is 10.6. The molecule has 5 heteroatoms. The summed E-state index contributed by atoms with van der Waals surface area (Å²) >= 11 is 0. The molecule has 0 aromatic carbocycles. The lowest BCUT2D eigenvalue weighted by Gasteiger charge is -2.18. The van der Waals surface area contributed by atoms with Crippen molar-refractivity contribution in [3.05, 3.63) is 36.9 Å². The van der Waals surface area contributed by atoms with Gasteiger partial charge in [-0.3, -0.25) is 9.13 Å². The number of aromatic nitrogens is 4. The maximum Gasteiger partial charge on any atom is 0.339 e. The average Bonchev–Trinajstić information content (AvgIpc) is 2.87. The number of rotatable bonds is 0. The zero-order chi connectivity index (χ0) is 11.8. The molecule has 16 heavy (non-hydrogen) atoms. The molecule has 0 amide bonds. The summed E-state index contributed by atoms with van der Waals surface area (Å²) in [6, 6.07) is -0.167. The molecule has 0 spiro atoms. The van der Waals surface area contributed by atoms with Crippen LogP contribution >= 0.6 is 0 Å². The maximum absolute atomic E-state index is 12.1. The van der Waals surface area contributed by atoms with E-state index in [0.29, 0.717) is 0 Å². The van der Waals surface area contributed by atoms with Crippen LogP contribution in [0.2, 0.25) is 0 Å². The smallest absolute Gasteiger partial charge is 0.257 e. The molecule has 0 bridgehead atoms. The largest absolute Gasteiger partial charge is 0.339 e. The monoisotopic (exact) mass is 218 g/mol. The summed E-state index contributed by atoms with van der Waals surface area (Å²) in [5.74, 6) is 0.742. The molecule has 2 heterocycles. The summed E-state index contributed by atoms with van der Waals surface area (Å²) < 4.78 is 2.97. The highest BCUT2D eigenvalue weighted by Gasteiger charge is 2.23. The second-order valence-corrected chi connectivity index (χ2v) is 4.62. The first-order chi connectivity index (χ1) is 7.50. The van der Waals surface area contributed by atoms with Gasteiger partial charge in [0.05, 0.1) is 0 Å². The lowest BCUT2D eigenvalue weighted by molar-refractivity contribution is 0.242. The lowest BCUT2D eigenvalue weighted by Crippen LogP contribution is -2.26. The van der Waals surface area contributed by atoms with Gasteiger partial charge in [0.2, 0.25) is 0 Å². The van der Waals surface area contributed by atoms with Crippen molar-refractivity contribution in [3.8, 4) is 0 Å². The molecule has 2 rings (SSSR count). The fourth-order valence-corrected chi connectivity index (χ4v) is 1.51. The standard InChI is InChI=1S/C11H14N4O/c1-11(2,3)9-13-5-7-15(9)10(16)14-6-4-12-8-14/h4-8H,1-3H3. The Labute approximate surface area is 93.8 Å². The van der Waals surface area contributed by atoms with Crippen molar-refractivity contribution in [3.63, 3.8) is 0 Å². The number of nitrogens with zero attached hydrogens (tertiary/aromatic N) is 4. The highest BCUT2D eigenvalue weighted by atomic mass is 16.2. The SMILES string of the molecule is CC(C)(C)c1nccn1C(=O)n1ccnc1. The van der Waals surface area contributed by atoms with Crippen LogP contribution in [0.25, 0.3) is 0 Å². The Kier molecular flexibility index (Phi) is 2.38. The molecule has 0 unspecified atom stereocenters. The lowest BCUT2D eigenvalue weighted by atomic mass is 9.96. The van der Waals surface area contributed by atoms with Crippen molar-refractivity contribution in [2.75, 3.05) is 0 Å². The number of hydrogen-bond donors (Lipinski definition) is 0. The van der Waals surface area contributed by atoms with Crippen LogP contribution in [0.3, 0.4) is 0 Å². The average molecular weight is 218 g/mol. The zero-order valence-corrected chi connectivity index (χ0v) is 9.58. The second-order valence-electron chi connectivity index (χ2n) is 4.62. The van der Waals surface area contributed by atoms with Crippen LogP contribution in [0.1, 0.15) is 26.6 Å². The molecule has 84 valence electrons. The molecule has 0 aliphatic carbocycles. The van der Waals surface area contributed by atoms with Crippen LogP contribution in [0.4, 0.5) is 4.79 Å². The van der Waals surface area contributed by atoms with Gasteiger partial charge in [-0.1, -0.05) is 20.8 Å². The van der Waals surface area contributed by atoms with Gasteiger partial charge in [-0.15, -0.1) is 0 Å². The van der Waals surface area contributed by atoms with E-state index < -0.39 is 0 Å². The van der Waals surface area contributed by atoms with E-state index in [2.05, 4.69) is 9.97 Å². The summed E-state index contributed by atoms with van der Waals surface area (Å²) in [5, 5.41) is 0. The molecule has 0 aliphatic rings. The van der Waals surface area contributed by atoms with E-state index >= 15 is 0 Å². The Morgan fingerprint density at radius 3 is 2.56 bits per heavy atom. The highest BCUT2D eigenvalue weighted by molar-refractivity contribution is 5.79. The van der Waals surface area contributed by atoms with Crippen molar-refractivity contribution in [2.45, 2.75) is 26.2 Å². The molecule has 2 aromatic heterocycles. The molecule has 5 nitrogen and oxygen atoms in total. The van der Waals surface area contributed by atoms with Crippen molar-refractivity contribution < 1.29 is 4.79 Å². The van der Waals surface area contributed by atoms with Crippen molar-refractivity contribution in [1.82, 2.24) is 19.1 Å². The minimum absolute atomic E-state index is 0.167. The van der Waals surface area contributed by atoms with E-state index in [1.165, 1.54) is 10.9 Å².